The molecule has 1 amide bonds. The van der Waals surface area contributed by atoms with Crippen molar-refractivity contribution in [3.05, 3.63) is 91.4 Å². The lowest BCUT2D eigenvalue weighted by atomic mass is 10.1. The van der Waals surface area contributed by atoms with Crippen molar-refractivity contribution in [3.63, 3.8) is 0 Å². The van der Waals surface area contributed by atoms with E-state index < -0.39 is 5.91 Å². The average Bonchev–Trinajstić information content (AvgIpc) is 2.78. The zero-order valence-electron chi connectivity index (χ0n) is 19.3. The fourth-order valence-electron chi connectivity index (χ4n) is 3.50. The standard InChI is InChI=1S/C27H24BrClN2O3/c1-16-7-17(2)9-20(8-16)15-34-26-23(28)11-19(12-25(26)33-4)10-21(14-30)27(32)31-24-13-22(29)6-5-18(24)3/h5-13H,15H2,1-4H3,(H,31,32)/b21-10+. The highest BCUT2D eigenvalue weighted by atomic mass is 79.9. The number of carbonyl (C=O) groups is 1. The summed E-state index contributed by atoms with van der Waals surface area (Å²) in [6.45, 7) is 6.31. The van der Waals surface area contributed by atoms with Gasteiger partial charge in [-0.2, -0.15) is 5.26 Å². The second-order valence-corrected chi connectivity index (χ2v) is 9.19. The molecule has 5 nitrogen and oxygen atoms in total. The minimum atomic E-state index is -0.530. The first-order valence-electron chi connectivity index (χ1n) is 10.5. The number of amides is 1. The number of hydrogen-bond donors (Lipinski definition) is 1. The third kappa shape index (κ3) is 6.40. The van der Waals surface area contributed by atoms with E-state index in [2.05, 4.69) is 39.4 Å². The third-order valence-electron chi connectivity index (χ3n) is 5.04. The van der Waals surface area contributed by atoms with Crippen molar-refractivity contribution in [2.24, 2.45) is 0 Å². The molecule has 174 valence electrons. The van der Waals surface area contributed by atoms with Crippen LogP contribution >= 0.6 is 27.5 Å². The van der Waals surface area contributed by atoms with Gasteiger partial charge in [-0.3, -0.25) is 4.79 Å². The molecule has 0 radical (unpaired) electrons. The lowest BCUT2D eigenvalue weighted by Crippen LogP contribution is -2.14. The van der Waals surface area contributed by atoms with Gasteiger partial charge in [0, 0.05) is 10.7 Å². The molecule has 0 unspecified atom stereocenters. The topological polar surface area (TPSA) is 71.3 Å². The average molecular weight is 540 g/mol. The number of aryl methyl sites for hydroxylation is 3. The van der Waals surface area contributed by atoms with Crippen LogP contribution in [0.25, 0.3) is 6.08 Å². The third-order valence-corrected chi connectivity index (χ3v) is 5.86. The van der Waals surface area contributed by atoms with Gasteiger partial charge in [0.2, 0.25) is 0 Å². The van der Waals surface area contributed by atoms with Gasteiger partial charge < -0.3 is 14.8 Å². The van der Waals surface area contributed by atoms with Crippen molar-refractivity contribution in [3.8, 4) is 17.6 Å². The van der Waals surface area contributed by atoms with Crippen LogP contribution in [0.2, 0.25) is 5.02 Å². The summed E-state index contributed by atoms with van der Waals surface area (Å²) in [6.07, 6.45) is 1.50. The molecule has 0 saturated heterocycles. The van der Waals surface area contributed by atoms with Gasteiger partial charge >= 0.3 is 0 Å². The van der Waals surface area contributed by atoms with Gasteiger partial charge in [-0.05, 0) is 83.7 Å². The number of carbonyl (C=O) groups excluding carboxylic acids is 1. The van der Waals surface area contributed by atoms with Gasteiger partial charge in [-0.1, -0.05) is 47.0 Å². The second kappa shape index (κ2) is 11.2. The van der Waals surface area contributed by atoms with Crippen LogP contribution in [0.4, 0.5) is 5.69 Å². The zero-order valence-corrected chi connectivity index (χ0v) is 21.7. The maximum absolute atomic E-state index is 12.7. The Kier molecular flexibility index (Phi) is 8.38. The van der Waals surface area contributed by atoms with E-state index in [-0.39, 0.29) is 5.57 Å². The molecule has 0 aliphatic rings. The van der Waals surface area contributed by atoms with Crippen LogP contribution in [0.1, 0.15) is 27.8 Å². The summed E-state index contributed by atoms with van der Waals surface area (Å²) in [7, 11) is 1.54. The molecule has 3 aromatic carbocycles. The summed E-state index contributed by atoms with van der Waals surface area (Å²) in [5.74, 6) is 0.489. The second-order valence-electron chi connectivity index (χ2n) is 7.90. The van der Waals surface area contributed by atoms with Crippen LogP contribution in [0.3, 0.4) is 0 Å². The van der Waals surface area contributed by atoms with Crippen molar-refractivity contribution in [2.45, 2.75) is 27.4 Å². The van der Waals surface area contributed by atoms with E-state index in [0.717, 1.165) is 11.1 Å². The maximum atomic E-state index is 12.7. The Bertz CT molecular complexity index is 1290. The van der Waals surface area contributed by atoms with Crippen LogP contribution in [0.15, 0.2) is 58.6 Å². The fourth-order valence-corrected chi connectivity index (χ4v) is 4.25. The molecule has 0 bridgehead atoms. The Morgan fingerprint density at radius 1 is 1.12 bits per heavy atom. The maximum Gasteiger partial charge on any atom is 0.266 e. The highest BCUT2D eigenvalue weighted by Crippen LogP contribution is 2.38. The number of anilines is 1. The quantitative estimate of drug-likeness (QED) is 0.255. The highest BCUT2D eigenvalue weighted by Gasteiger charge is 2.15. The molecule has 3 aromatic rings. The van der Waals surface area contributed by atoms with E-state index in [1.165, 1.54) is 17.2 Å². The van der Waals surface area contributed by atoms with Gasteiger partial charge in [0.05, 0.1) is 11.6 Å². The molecule has 0 heterocycles. The molecule has 3 rings (SSSR count). The predicted octanol–water partition coefficient (Wildman–Crippen LogP) is 7.16. The van der Waals surface area contributed by atoms with Crippen molar-refractivity contribution in [1.82, 2.24) is 0 Å². The predicted molar refractivity (Wildman–Crippen MR) is 139 cm³/mol. The van der Waals surface area contributed by atoms with Crippen molar-refractivity contribution in [1.29, 1.82) is 5.26 Å². The Morgan fingerprint density at radius 2 is 1.82 bits per heavy atom. The summed E-state index contributed by atoms with van der Waals surface area (Å²) < 4.78 is 12.2. The number of nitriles is 1. The molecule has 7 heteroatoms. The number of benzene rings is 3. The summed E-state index contributed by atoms with van der Waals surface area (Å²) in [5.41, 5.74) is 5.32. The fraction of sp³-hybridized carbons (Fsp3) is 0.185. The molecule has 0 aliphatic carbocycles. The first-order valence-corrected chi connectivity index (χ1v) is 11.6. The number of methoxy groups -OCH3 is 1. The highest BCUT2D eigenvalue weighted by molar-refractivity contribution is 9.10. The monoisotopic (exact) mass is 538 g/mol. The van der Waals surface area contributed by atoms with E-state index in [1.807, 2.05) is 26.8 Å². The van der Waals surface area contributed by atoms with Crippen molar-refractivity contribution in [2.75, 3.05) is 12.4 Å². The van der Waals surface area contributed by atoms with E-state index in [1.54, 1.807) is 37.4 Å². The van der Waals surface area contributed by atoms with Crippen LogP contribution in [-0.2, 0) is 11.4 Å². The van der Waals surface area contributed by atoms with Crippen LogP contribution < -0.4 is 14.8 Å². The molecule has 0 spiro atoms. The molecule has 0 atom stereocenters. The van der Waals surface area contributed by atoms with Crippen molar-refractivity contribution >= 4 is 45.2 Å². The minimum Gasteiger partial charge on any atom is -0.493 e. The van der Waals surface area contributed by atoms with E-state index in [4.69, 9.17) is 21.1 Å². The largest absolute Gasteiger partial charge is 0.493 e. The SMILES string of the molecule is COc1cc(/C=C(\C#N)C(=O)Nc2cc(Cl)ccc2C)cc(Br)c1OCc1cc(C)cc(C)c1. The molecule has 0 aliphatic heterocycles. The van der Waals surface area contributed by atoms with Crippen LogP contribution in [0.5, 0.6) is 11.5 Å². The normalized spacial score (nSPS) is 11.0. The van der Waals surface area contributed by atoms with Gasteiger partial charge in [0.15, 0.2) is 11.5 Å². The molecule has 0 saturated carbocycles. The van der Waals surface area contributed by atoms with E-state index >= 15 is 0 Å². The Balaban J connectivity index is 1.84. The van der Waals surface area contributed by atoms with Gasteiger partial charge in [0.25, 0.3) is 5.91 Å². The number of ether oxygens (including phenoxy) is 2. The molecule has 0 fully saturated rings. The lowest BCUT2D eigenvalue weighted by molar-refractivity contribution is -0.112. The van der Waals surface area contributed by atoms with Crippen LogP contribution in [0, 0.1) is 32.1 Å². The first-order chi connectivity index (χ1) is 16.2. The molecule has 1 N–H and O–H groups in total. The molecule has 34 heavy (non-hydrogen) atoms. The Morgan fingerprint density at radius 3 is 2.47 bits per heavy atom. The van der Waals surface area contributed by atoms with E-state index in [9.17, 15) is 10.1 Å². The lowest BCUT2D eigenvalue weighted by Gasteiger charge is -2.14. The summed E-state index contributed by atoms with van der Waals surface area (Å²) in [5, 5.41) is 12.8. The minimum absolute atomic E-state index is 0.0581. The van der Waals surface area contributed by atoms with Crippen LogP contribution in [-0.4, -0.2) is 13.0 Å². The number of halogens is 2. The smallest absolute Gasteiger partial charge is 0.266 e. The summed E-state index contributed by atoms with van der Waals surface area (Å²) in [4.78, 5) is 12.7. The Hall–Kier alpha value is -3.27. The molecular formula is C27H24BrClN2O3. The van der Waals surface area contributed by atoms with Gasteiger partial charge in [0.1, 0.15) is 18.2 Å². The van der Waals surface area contributed by atoms with Crippen molar-refractivity contribution < 1.29 is 14.3 Å². The summed E-state index contributed by atoms with van der Waals surface area (Å²) in [6, 6.07) is 16.9. The number of nitrogens with one attached hydrogen (secondary N) is 1. The number of nitrogens with zero attached hydrogens (tertiary/aromatic N) is 1. The van der Waals surface area contributed by atoms with Gasteiger partial charge in [-0.25, -0.2) is 0 Å². The van der Waals surface area contributed by atoms with Gasteiger partial charge in [-0.15, -0.1) is 0 Å². The molecular weight excluding hydrogens is 516 g/mol. The first kappa shape index (κ1) is 25.4. The number of hydrogen-bond acceptors (Lipinski definition) is 4. The number of rotatable bonds is 7. The molecule has 0 aromatic heterocycles. The Labute approximate surface area is 213 Å². The zero-order chi connectivity index (χ0) is 24.8. The van der Waals surface area contributed by atoms with E-state index in [0.29, 0.717) is 38.9 Å². The summed E-state index contributed by atoms with van der Waals surface area (Å²) >= 11 is 9.56.